The molecule has 0 spiro atoms. The van der Waals surface area contributed by atoms with Gasteiger partial charge in [-0.05, 0) is 37.6 Å². The molecule has 1 aromatic heterocycles. The Morgan fingerprint density at radius 2 is 2.10 bits per heavy atom. The molecule has 0 saturated heterocycles. The zero-order valence-corrected chi connectivity index (χ0v) is 12.4. The van der Waals surface area contributed by atoms with Crippen molar-refractivity contribution >= 4 is 17.5 Å². The summed E-state index contributed by atoms with van der Waals surface area (Å²) in [5, 5.41) is 7.83. The molecule has 0 aliphatic rings. The average Bonchev–Trinajstić information content (AvgIpc) is 2.89. The van der Waals surface area contributed by atoms with Crippen molar-refractivity contribution in [3.05, 3.63) is 47.2 Å². The molecular weight excluding hydrogens is 274 g/mol. The van der Waals surface area contributed by atoms with Gasteiger partial charge in [0.15, 0.2) is 0 Å². The Morgan fingerprint density at radius 3 is 2.75 bits per heavy atom. The van der Waals surface area contributed by atoms with Crippen LogP contribution in [0.3, 0.4) is 0 Å². The summed E-state index contributed by atoms with van der Waals surface area (Å²) in [5.41, 5.74) is 1.43. The number of halogens is 1. The lowest BCUT2D eigenvalue weighted by Crippen LogP contribution is -2.32. The molecule has 0 unspecified atom stereocenters. The van der Waals surface area contributed by atoms with Crippen molar-refractivity contribution in [3.63, 3.8) is 0 Å². The molecule has 1 heterocycles. The van der Waals surface area contributed by atoms with Crippen LogP contribution in [0.1, 0.15) is 37.0 Å². The van der Waals surface area contributed by atoms with Crippen LogP contribution in [0.2, 0.25) is 5.02 Å². The first-order valence-corrected chi connectivity index (χ1v) is 7.09. The smallest absolute Gasteiger partial charge is 0.254 e. The van der Waals surface area contributed by atoms with E-state index in [-0.39, 0.29) is 11.9 Å². The van der Waals surface area contributed by atoms with Gasteiger partial charge in [-0.25, -0.2) is 4.68 Å². The molecule has 20 heavy (non-hydrogen) atoms. The molecular formula is C15H18ClN3O. The SMILES string of the molecule is CCC[C@@H](C)NC(=O)c1cnn(-c2ccc(Cl)cc2)c1. The first-order valence-electron chi connectivity index (χ1n) is 6.71. The minimum absolute atomic E-state index is 0.0915. The van der Waals surface area contributed by atoms with Crippen LogP contribution in [-0.4, -0.2) is 21.7 Å². The van der Waals surface area contributed by atoms with Gasteiger partial charge >= 0.3 is 0 Å². The predicted molar refractivity (Wildman–Crippen MR) is 80.4 cm³/mol. The van der Waals surface area contributed by atoms with Crippen molar-refractivity contribution in [2.75, 3.05) is 0 Å². The van der Waals surface area contributed by atoms with Crippen molar-refractivity contribution < 1.29 is 4.79 Å². The van der Waals surface area contributed by atoms with E-state index in [0.717, 1.165) is 18.5 Å². The van der Waals surface area contributed by atoms with E-state index < -0.39 is 0 Å². The molecule has 2 rings (SSSR count). The van der Waals surface area contributed by atoms with Crippen molar-refractivity contribution in [1.82, 2.24) is 15.1 Å². The summed E-state index contributed by atoms with van der Waals surface area (Å²) >= 11 is 5.85. The Morgan fingerprint density at radius 1 is 1.40 bits per heavy atom. The number of nitrogens with one attached hydrogen (secondary N) is 1. The highest BCUT2D eigenvalue weighted by molar-refractivity contribution is 6.30. The minimum atomic E-state index is -0.0915. The molecule has 0 saturated carbocycles. The number of carbonyl (C=O) groups is 1. The molecule has 4 nitrogen and oxygen atoms in total. The number of nitrogens with zero attached hydrogens (tertiary/aromatic N) is 2. The summed E-state index contributed by atoms with van der Waals surface area (Å²) < 4.78 is 1.66. The number of rotatable bonds is 5. The molecule has 1 atom stereocenters. The first kappa shape index (κ1) is 14.6. The number of hydrogen-bond acceptors (Lipinski definition) is 2. The summed E-state index contributed by atoms with van der Waals surface area (Å²) in [6.07, 6.45) is 5.31. The van der Waals surface area contributed by atoms with E-state index in [4.69, 9.17) is 11.6 Å². The zero-order chi connectivity index (χ0) is 14.5. The van der Waals surface area contributed by atoms with Crippen LogP contribution in [-0.2, 0) is 0 Å². The van der Waals surface area contributed by atoms with Crippen LogP contribution in [0.4, 0.5) is 0 Å². The lowest BCUT2D eigenvalue weighted by atomic mass is 10.2. The summed E-state index contributed by atoms with van der Waals surface area (Å²) in [6.45, 7) is 4.10. The van der Waals surface area contributed by atoms with Gasteiger partial charge in [0.25, 0.3) is 5.91 Å². The predicted octanol–water partition coefficient (Wildman–Crippen LogP) is 3.44. The van der Waals surface area contributed by atoms with Crippen LogP contribution in [0, 0.1) is 0 Å². The first-order chi connectivity index (χ1) is 9.60. The Balaban J connectivity index is 2.08. The monoisotopic (exact) mass is 291 g/mol. The van der Waals surface area contributed by atoms with Crippen molar-refractivity contribution in [2.24, 2.45) is 0 Å². The highest BCUT2D eigenvalue weighted by Gasteiger charge is 2.11. The third-order valence-corrected chi connectivity index (χ3v) is 3.29. The molecule has 5 heteroatoms. The number of hydrogen-bond donors (Lipinski definition) is 1. The Bertz CT molecular complexity index is 577. The number of carbonyl (C=O) groups excluding carboxylic acids is 1. The van der Waals surface area contributed by atoms with E-state index in [1.165, 1.54) is 0 Å². The van der Waals surface area contributed by atoms with Gasteiger partial charge in [0.2, 0.25) is 0 Å². The number of amides is 1. The molecule has 0 fully saturated rings. The normalized spacial score (nSPS) is 12.2. The average molecular weight is 292 g/mol. The molecule has 1 N–H and O–H groups in total. The molecule has 0 aliphatic heterocycles. The van der Waals surface area contributed by atoms with Crippen molar-refractivity contribution in [2.45, 2.75) is 32.7 Å². The molecule has 0 radical (unpaired) electrons. The highest BCUT2D eigenvalue weighted by atomic mass is 35.5. The second kappa shape index (κ2) is 6.57. The zero-order valence-electron chi connectivity index (χ0n) is 11.6. The standard InChI is InChI=1S/C15H18ClN3O/c1-3-4-11(2)18-15(20)12-9-17-19(10-12)14-7-5-13(16)6-8-14/h5-11H,3-4H2,1-2H3,(H,18,20)/t11-/m1/s1. The van der Waals surface area contributed by atoms with E-state index in [9.17, 15) is 4.79 Å². The second-order valence-corrected chi connectivity index (χ2v) is 5.25. The van der Waals surface area contributed by atoms with Gasteiger partial charge in [-0.3, -0.25) is 4.79 Å². The lowest BCUT2D eigenvalue weighted by Gasteiger charge is -2.11. The van der Waals surface area contributed by atoms with E-state index in [1.54, 1.807) is 29.2 Å². The van der Waals surface area contributed by atoms with Crippen LogP contribution in [0.25, 0.3) is 5.69 Å². The maximum absolute atomic E-state index is 12.0. The minimum Gasteiger partial charge on any atom is -0.349 e. The third kappa shape index (κ3) is 3.61. The maximum Gasteiger partial charge on any atom is 0.254 e. The van der Waals surface area contributed by atoms with E-state index in [1.807, 2.05) is 19.1 Å². The molecule has 1 aromatic carbocycles. The van der Waals surface area contributed by atoms with Crippen LogP contribution < -0.4 is 5.32 Å². The fraction of sp³-hybridized carbons (Fsp3) is 0.333. The van der Waals surface area contributed by atoms with Crippen LogP contribution >= 0.6 is 11.6 Å². The topological polar surface area (TPSA) is 46.9 Å². The summed E-state index contributed by atoms with van der Waals surface area (Å²) in [5.74, 6) is -0.0915. The fourth-order valence-corrected chi connectivity index (χ4v) is 2.11. The van der Waals surface area contributed by atoms with Crippen LogP contribution in [0.15, 0.2) is 36.7 Å². The lowest BCUT2D eigenvalue weighted by molar-refractivity contribution is 0.0938. The molecule has 0 aliphatic carbocycles. The van der Waals surface area contributed by atoms with E-state index in [2.05, 4.69) is 17.3 Å². The van der Waals surface area contributed by atoms with Crippen molar-refractivity contribution in [3.8, 4) is 5.69 Å². The Labute approximate surface area is 123 Å². The quantitative estimate of drug-likeness (QED) is 0.917. The number of aromatic nitrogens is 2. The van der Waals surface area contributed by atoms with Crippen LogP contribution in [0.5, 0.6) is 0 Å². The highest BCUT2D eigenvalue weighted by Crippen LogP contribution is 2.13. The molecule has 1 amide bonds. The van der Waals surface area contributed by atoms with Crippen molar-refractivity contribution in [1.29, 1.82) is 0 Å². The maximum atomic E-state index is 12.0. The molecule has 0 bridgehead atoms. The van der Waals surface area contributed by atoms with Gasteiger partial charge in [0.05, 0.1) is 17.4 Å². The van der Waals surface area contributed by atoms with Gasteiger partial charge in [-0.15, -0.1) is 0 Å². The van der Waals surface area contributed by atoms with E-state index in [0.29, 0.717) is 10.6 Å². The van der Waals surface area contributed by atoms with Gasteiger partial charge in [0, 0.05) is 17.3 Å². The summed E-state index contributed by atoms with van der Waals surface area (Å²) in [4.78, 5) is 12.0. The van der Waals surface area contributed by atoms with Gasteiger partial charge in [0.1, 0.15) is 0 Å². The van der Waals surface area contributed by atoms with Gasteiger partial charge in [-0.2, -0.15) is 5.10 Å². The molecule has 2 aromatic rings. The molecule has 106 valence electrons. The Hall–Kier alpha value is -1.81. The fourth-order valence-electron chi connectivity index (χ4n) is 1.99. The summed E-state index contributed by atoms with van der Waals surface area (Å²) in [7, 11) is 0. The third-order valence-electron chi connectivity index (χ3n) is 3.04. The summed E-state index contributed by atoms with van der Waals surface area (Å²) in [6, 6.07) is 7.47. The Kier molecular flexibility index (Phi) is 4.79. The second-order valence-electron chi connectivity index (χ2n) is 4.81. The van der Waals surface area contributed by atoms with Gasteiger partial charge < -0.3 is 5.32 Å². The largest absolute Gasteiger partial charge is 0.349 e. The van der Waals surface area contributed by atoms with E-state index >= 15 is 0 Å². The number of benzene rings is 1. The van der Waals surface area contributed by atoms with Gasteiger partial charge in [-0.1, -0.05) is 24.9 Å².